The first kappa shape index (κ1) is 13.7. The number of benzene rings is 2. The lowest BCUT2D eigenvalue weighted by atomic mass is 9.97. The molecule has 1 nitrogen and oxygen atoms in total. The van der Waals surface area contributed by atoms with E-state index in [1.807, 2.05) is 43.3 Å². The van der Waals surface area contributed by atoms with E-state index >= 15 is 0 Å². The van der Waals surface area contributed by atoms with Gasteiger partial charge in [-0.3, -0.25) is 0 Å². The third-order valence-electron chi connectivity index (χ3n) is 3.25. The summed E-state index contributed by atoms with van der Waals surface area (Å²) in [4.78, 5) is 4.38. The van der Waals surface area contributed by atoms with Crippen LogP contribution >= 0.6 is 34.8 Å². The Labute approximate surface area is 132 Å². The van der Waals surface area contributed by atoms with Gasteiger partial charge in [-0.25, -0.2) is 4.98 Å². The van der Waals surface area contributed by atoms with Crippen molar-refractivity contribution in [2.45, 2.75) is 6.92 Å². The molecule has 100 valence electrons. The summed E-state index contributed by atoms with van der Waals surface area (Å²) < 4.78 is 0. The van der Waals surface area contributed by atoms with Gasteiger partial charge in [0.05, 0.1) is 10.5 Å². The predicted molar refractivity (Wildman–Crippen MR) is 86.9 cm³/mol. The van der Waals surface area contributed by atoms with Crippen molar-refractivity contribution in [3.63, 3.8) is 0 Å². The molecular formula is C16H10Cl3N. The maximum atomic E-state index is 6.25. The van der Waals surface area contributed by atoms with Crippen LogP contribution in [0.4, 0.5) is 0 Å². The Balaban J connectivity index is 2.49. The molecule has 20 heavy (non-hydrogen) atoms. The van der Waals surface area contributed by atoms with Crippen LogP contribution in [0.5, 0.6) is 0 Å². The number of aromatic nitrogens is 1. The molecule has 0 spiro atoms. The molecule has 2 aromatic carbocycles. The van der Waals surface area contributed by atoms with E-state index in [9.17, 15) is 0 Å². The van der Waals surface area contributed by atoms with Gasteiger partial charge < -0.3 is 0 Å². The molecule has 0 atom stereocenters. The van der Waals surface area contributed by atoms with E-state index in [-0.39, 0.29) is 0 Å². The summed E-state index contributed by atoms with van der Waals surface area (Å²) >= 11 is 18.6. The van der Waals surface area contributed by atoms with Crippen LogP contribution in [0.15, 0.2) is 42.5 Å². The maximum absolute atomic E-state index is 6.25. The summed E-state index contributed by atoms with van der Waals surface area (Å²) in [7, 11) is 0. The van der Waals surface area contributed by atoms with E-state index < -0.39 is 0 Å². The van der Waals surface area contributed by atoms with Gasteiger partial charge in [0.2, 0.25) is 0 Å². The van der Waals surface area contributed by atoms with Crippen LogP contribution < -0.4 is 0 Å². The third-order valence-corrected chi connectivity index (χ3v) is 4.13. The molecule has 0 aliphatic heterocycles. The van der Waals surface area contributed by atoms with Crippen molar-refractivity contribution in [1.82, 2.24) is 4.98 Å². The predicted octanol–water partition coefficient (Wildman–Crippen LogP) is 6.17. The van der Waals surface area contributed by atoms with Gasteiger partial charge in [-0.1, -0.05) is 65.1 Å². The first-order chi connectivity index (χ1) is 9.58. The molecule has 1 aromatic heterocycles. The zero-order valence-corrected chi connectivity index (χ0v) is 12.9. The third kappa shape index (κ3) is 2.26. The highest BCUT2D eigenvalue weighted by molar-refractivity contribution is 6.39. The zero-order chi connectivity index (χ0) is 14.3. The molecule has 0 bridgehead atoms. The molecule has 0 aliphatic carbocycles. The monoisotopic (exact) mass is 321 g/mol. The van der Waals surface area contributed by atoms with Crippen molar-refractivity contribution in [2.24, 2.45) is 0 Å². The lowest BCUT2D eigenvalue weighted by Crippen LogP contribution is -1.92. The minimum Gasteiger partial charge on any atom is -0.234 e. The number of hydrogen-bond acceptors (Lipinski definition) is 1. The number of nitrogens with zero attached hydrogens (tertiary/aromatic N) is 1. The molecular weight excluding hydrogens is 313 g/mol. The van der Waals surface area contributed by atoms with Crippen molar-refractivity contribution < 1.29 is 0 Å². The van der Waals surface area contributed by atoms with Crippen molar-refractivity contribution in [3.8, 4) is 11.1 Å². The molecule has 0 N–H and O–H groups in total. The van der Waals surface area contributed by atoms with Gasteiger partial charge in [0.25, 0.3) is 0 Å². The fourth-order valence-electron chi connectivity index (χ4n) is 2.33. The molecule has 0 radical (unpaired) electrons. The quantitative estimate of drug-likeness (QED) is 0.488. The van der Waals surface area contributed by atoms with Crippen LogP contribution in [0.25, 0.3) is 22.0 Å². The number of hydrogen-bond donors (Lipinski definition) is 0. The van der Waals surface area contributed by atoms with E-state index in [4.69, 9.17) is 34.8 Å². The Morgan fingerprint density at radius 1 is 0.950 bits per heavy atom. The van der Waals surface area contributed by atoms with Gasteiger partial charge in [-0.2, -0.15) is 0 Å². The number of rotatable bonds is 1. The van der Waals surface area contributed by atoms with Crippen LogP contribution in [-0.4, -0.2) is 4.98 Å². The Bertz CT molecular complexity index is 798. The summed E-state index contributed by atoms with van der Waals surface area (Å²) in [6.45, 7) is 1.95. The first-order valence-corrected chi connectivity index (χ1v) is 7.21. The highest BCUT2D eigenvalue weighted by Gasteiger charge is 2.15. The second kappa shape index (κ2) is 5.25. The average Bonchev–Trinajstić information content (AvgIpc) is 2.42. The zero-order valence-electron chi connectivity index (χ0n) is 10.6. The molecule has 4 heteroatoms. The first-order valence-electron chi connectivity index (χ1n) is 6.08. The van der Waals surface area contributed by atoms with Crippen LogP contribution in [-0.2, 0) is 0 Å². The van der Waals surface area contributed by atoms with Gasteiger partial charge >= 0.3 is 0 Å². The second-order valence-electron chi connectivity index (χ2n) is 4.55. The second-order valence-corrected chi connectivity index (χ2v) is 5.75. The number of halogens is 3. The highest BCUT2D eigenvalue weighted by Crippen LogP contribution is 2.38. The summed E-state index contributed by atoms with van der Waals surface area (Å²) in [6, 6.07) is 13.6. The summed E-state index contributed by atoms with van der Waals surface area (Å²) in [5, 5.41) is 2.46. The lowest BCUT2D eigenvalue weighted by molar-refractivity contribution is 1.33. The number of fused-ring (bicyclic) bond motifs is 1. The Morgan fingerprint density at radius 2 is 1.65 bits per heavy atom. The summed E-state index contributed by atoms with van der Waals surface area (Å²) in [5.41, 5.74) is 3.68. The lowest BCUT2D eigenvalue weighted by Gasteiger charge is -2.13. The standard InChI is InChI=1S/C16H10Cl3N/c1-9-14(10-5-3-2-4-6-10)12-7-11(17)8-13(18)15(12)20-16(9)19/h2-8H,1H3. The Morgan fingerprint density at radius 3 is 2.35 bits per heavy atom. The smallest absolute Gasteiger partial charge is 0.133 e. The van der Waals surface area contributed by atoms with E-state index in [0.29, 0.717) is 20.7 Å². The van der Waals surface area contributed by atoms with Gasteiger partial charge in [0, 0.05) is 10.4 Å². The Hall–Kier alpha value is -1.28. The molecule has 3 rings (SSSR count). The number of pyridine rings is 1. The minimum absolute atomic E-state index is 0.459. The fourth-order valence-corrected chi connectivity index (χ4v) is 3.05. The van der Waals surface area contributed by atoms with E-state index in [0.717, 1.165) is 22.1 Å². The highest BCUT2D eigenvalue weighted by atomic mass is 35.5. The van der Waals surface area contributed by atoms with Crippen LogP contribution in [0.2, 0.25) is 15.2 Å². The topological polar surface area (TPSA) is 12.9 Å². The van der Waals surface area contributed by atoms with E-state index in [1.165, 1.54) is 0 Å². The molecule has 3 aromatic rings. The maximum Gasteiger partial charge on any atom is 0.133 e. The molecule has 0 amide bonds. The normalized spacial score (nSPS) is 11.0. The van der Waals surface area contributed by atoms with Gasteiger partial charge in [-0.15, -0.1) is 0 Å². The van der Waals surface area contributed by atoms with Gasteiger partial charge in [0.1, 0.15) is 5.15 Å². The van der Waals surface area contributed by atoms with Crippen molar-refractivity contribution in [3.05, 3.63) is 63.2 Å². The molecule has 0 aliphatic rings. The SMILES string of the molecule is Cc1c(Cl)nc2c(Cl)cc(Cl)cc2c1-c1ccccc1. The van der Waals surface area contributed by atoms with Crippen molar-refractivity contribution in [1.29, 1.82) is 0 Å². The summed E-state index contributed by atoms with van der Waals surface area (Å²) in [5.74, 6) is 0. The average molecular weight is 323 g/mol. The fraction of sp³-hybridized carbons (Fsp3) is 0.0625. The van der Waals surface area contributed by atoms with E-state index in [1.54, 1.807) is 6.07 Å². The largest absolute Gasteiger partial charge is 0.234 e. The van der Waals surface area contributed by atoms with E-state index in [2.05, 4.69) is 4.98 Å². The molecule has 0 fully saturated rings. The van der Waals surface area contributed by atoms with Gasteiger partial charge in [-0.05, 0) is 35.7 Å². The van der Waals surface area contributed by atoms with Crippen LogP contribution in [0, 0.1) is 6.92 Å². The van der Waals surface area contributed by atoms with Crippen LogP contribution in [0.1, 0.15) is 5.56 Å². The summed E-state index contributed by atoms with van der Waals surface area (Å²) in [6.07, 6.45) is 0. The molecule has 1 heterocycles. The molecule has 0 unspecified atom stereocenters. The molecule has 0 saturated carbocycles. The van der Waals surface area contributed by atoms with Crippen molar-refractivity contribution in [2.75, 3.05) is 0 Å². The van der Waals surface area contributed by atoms with Crippen molar-refractivity contribution >= 4 is 45.7 Å². The minimum atomic E-state index is 0.459. The van der Waals surface area contributed by atoms with Gasteiger partial charge in [0.15, 0.2) is 0 Å². The molecule has 0 saturated heterocycles. The van der Waals surface area contributed by atoms with Crippen LogP contribution in [0.3, 0.4) is 0 Å². The Kier molecular flexibility index (Phi) is 3.59.